The first-order valence-electron chi connectivity index (χ1n) is 4.30. The van der Waals surface area contributed by atoms with Crippen LogP contribution in [0.5, 0.6) is 0 Å². The third-order valence-corrected chi connectivity index (χ3v) is 2.74. The van der Waals surface area contributed by atoms with Crippen molar-refractivity contribution in [2.45, 2.75) is 0 Å². The number of benzene rings is 1. The molecule has 3 nitrogen and oxygen atoms in total. The third-order valence-electron chi connectivity index (χ3n) is 1.80. The van der Waals surface area contributed by atoms with Crippen molar-refractivity contribution >= 4 is 34.2 Å². The number of rotatable bonds is 3. The Labute approximate surface area is 97.6 Å². The van der Waals surface area contributed by atoms with Gasteiger partial charge in [-0.25, -0.2) is 0 Å². The van der Waals surface area contributed by atoms with Crippen LogP contribution in [-0.4, -0.2) is 31.4 Å². The summed E-state index contributed by atoms with van der Waals surface area (Å²) in [5.74, 6) is 0.0738. The molecule has 0 saturated carbocycles. The first kappa shape index (κ1) is 11.3. The number of carbonyl (C=O) groups is 1. The largest absolute Gasteiger partial charge is 0.375 e. The molecule has 0 aliphatic carbocycles. The van der Waals surface area contributed by atoms with Gasteiger partial charge in [-0.1, -0.05) is 12.1 Å². The van der Waals surface area contributed by atoms with Crippen molar-refractivity contribution in [3.63, 3.8) is 0 Å². The molecule has 14 heavy (non-hydrogen) atoms. The summed E-state index contributed by atoms with van der Waals surface area (Å²) in [6.45, 7) is 0.340. The smallest absolute Gasteiger partial charge is 0.241 e. The maximum Gasteiger partial charge on any atom is 0.241 e. The van der Waals surface area contributed by atoms with E-state index < -0.39 is 0 Å². The van der Waals surface area contributed by atoms with Gasteiger partial charge in [-0.05, 0) is 34.7 Å². The number of amides is 1. The zero-order valence-electron chi connectivity index (χ0n) is 8.25. The van der Waals surface area contributed by atoms with Gasteiger partial charge in [-0.3, -0.25) is 4.79 Å². The van der Waals surface area contributed by atoms with Crippen molar-refractivity contribution < 1.29 is 4.79 Å². The molecule has 0 fully saturated rings. The zero-order chi connectivity index (χ0) is 10.6. The van der Waals surface area contributed by atoms with E-state index in [1.54, 1.807) is 19.0 Å². The number of hydrogen-bond donors (Lipinski definition) is 1. The Kier molecular flexibility index (Phi) is 4.19. The molecule has 0 aromatic heterocycles. The minimum Gasteiger partial charge on any atom is -0.375 e. The molecule has 0 heterocycles. The van der Waals surface area contributed by atoms with Gasteiger partial charge >= 0.3 is 0 Å². The number of anilines is 1. The number of likely N-dealkylation sites (N-methyl/N-ethyl adjacent to an activating group) is 1. The van der Waals surface area contributed by atoms with Gasteiger partial charge in [0.05, 0.1) is 6.54 Å². The molecule has 0 unspecified atom stereocenters. The van der Waals surface area contributed by atoms with Gasteiger partial charge in [-0.2, -0.15) is 0 Å². The van der Waals surface area contributed by atoms with E-state index in [2.05, 4.69) is 27.9 Å². The monoisotopic (exact) mass is 304 g/mol. The van der Waals surface area contributed by atoms with Crippen molar-refractivity contribution in [1.82, 2.24) is 4.90 Å². The summed E-state index contributed by atoms with van der Waals surface area (Å²) in [5.41, 5.74) is 1.00. The standard InChI is InChI=1S/C10H13IN2O/c1-13(2)10(14)7-12-9-6-4-3-5-8(9)11/h3-6,12H,7H2,1-2H3. The van der Waals surface area contributed by atoms with Gasteiger partial charge in [0.1, 0.15) is 0 Å². The lowest BCUT2D eigenvalue weighted by molar-refractivity contribution is -0.126. The molecule has 0 saturated heterocycles. The lowest BCUT2D eigenvalue weighted by Gasteiger charge is -2.12. The van der Waals surface area contributed by atoms with Gasteiger partial charge in [0, 0.05) is 23.4 Å². The summed E-state index contributed by atoms with van der Waals surface area (Å²) in [5, 5.41) is 3.10. The molecule has 0 aliphatic rings. The lowest BCUT2D eigenvalue weighted by Crippen LogP contribution is -2.28. The van der Waals surface area contributed by atoms with E-state index in [0.717, 1.165) is 9.26 Å². The maximum atomic E-state index is 11.3. The minimum atomic E-state index is 0.0738. The van der Waals surface area contributed by atoms with Crippen LogP contribution in [0.4, 0.5) is 5.69 Å². The summed E-state index contributed by atoms with van der Waals surface area (Å²) in [6, 6.07) is 7.89. The molecule has 0 bridgehead atoms. The van der Waals surface area contributed by atoms with Gasteiger partial charge in [-0.15, -0.1) is 0 Å². The van der Waals surface area contributed by atoms with Crippen LogP contribution in [0.2, 0.25) is 0 Å². The van der Waals surface area contributed by atoms with Gasteiger partial charge in [0.25, 0.3) is 0 Å². The average molecular weight is 304 g/mol. The maximum absolute atomic E-state index is 11.3. The first-order chi connectivity index (χ1) is 6.61. The number of para-hydroxylation sites is 1. The summed E-state index contributed by atoms with van der Waals surface area (Å²) in [7, 11) is 3.50. The molecule has 1 aromatic rings. The van der Waals surface area contributed by atoms with Crippen LogP contribution >= 0.6 is 22.6 Å². The Hall–Kier alpha value is -0.780. The molecule has 1 N–H and O–H groups in total. The van der Waals surface area contributed by atoms with Crippen molar-refractivity contribution in [3.8, 4) is 0 Å². The molecule has 0 spiro atoms. The molecule has 0 radical (unpaired) electrons. The fourth-order valence-corrected chi connectivity index (χ4v) is 1.51. The highest BCUT2D eigenvalue weighted by Crippen LogP contribution is 2.16. The highest BCUT2D eigenvalue weighted by molar-refractivity contribution is 14.1. The van der Waals surface area contributed by atoms with Crippen molar-refractivity contribution in [2.24, 2.45) is 0 Å². The van der Waals surface area contributed by atoms with E-state index in [0.29, 0.717) is 6.54 Å². The molecule has 1 rings (SSSR count). The number of nitrogens with one attached hydrogen (secondary N) is 1. The summed E-state index contributed by atoms with van der Waals surface area (Å²) in [6.07, 6.45) is 0. The second-order valence-corrected chi connectivity index (χ2v) is 4.28. The fraction of sp³-hybridized carbons (Fsp3) is 0.300. The fourth-order valence-electron chi connectivity index (χ4n) is 0.934. The summed E-state index contributed by atoms with van der Waals surface area (Å²) >= 11 is 2.24. The van der Waals surface area contributed by atoms with E-state index in [1.165, 1.54) is 0 Å². The predicted molar refractivity (Wildman–Crippen MR) is 66.3 cm³/mol. The molecule has 4 heteroatoms. The first-order valence-corrected chi connectivity index (χ1v) is 5.37. The van der Waals surface area contributed by atoms with Gasteiger partial charge < -0.3 is 10.2 Å². The molecule has 1 amide bonds. The Balaban J connectivity index is 2.54. The Morgan fingerprint density at radius 1 is 1.43 bits per heavy atom. The van der Waals surface area contributed by atoms with Crippen molar-refractivity contribution in [3.05, 3.63) is 27.8 Å². The van der Waals surface area contributed by atoms with Gasteiger partial charge in [0.2, 0.25) is 5.91 Å². The van der Waals surface area contributed by atoms with Crippen LogP contribution < -0.4 is 5.32 Å². The molecule has 1 aromatic carbocycles. The highest BCUT2D eigenvalue weighted by Gasteiger charge is 2.04. The molecule has 0 aliphatic heterocycles. The number of carbonyl (C=O) groups excluding carboxylic acids is 1. The van der Waals surface area contributed by atoms with Gasteiger partial charge in [0.15, 0.2) is 0 Å². The summed E-state index contributed by atoms with van der Waals surface area (Å²) in [4.78, 5) is 12.9. The zero-order valence-corrected chi connectivity index (χ0v) is 10.4. The van der Waals surface area contributed by atoms with Crippen LogP contribution in [0.3, 0.4) is 0 Å². The molecular formula is C10H13IN2O. The van der Waals surface area contributed by atoms with Crippen LogP contribution in [0.15, 0.2) is 24.3 Å². The van der Waals surface area contributed by atoms with E-state index in [-0.39, 0.29) is 5.91 Å². The number of halogens is 1. The minimum absolute atomic E-state index is 0.0738. The van der Waals surface area contributed by atoms with E-state index in [1.807, 2.05) is 24.3 Å². The SMILES string of the molecule is CN(C)C(=O)CNc1ccccc1I. The van der Waals surface area contributed by atoms with E-state index in [4.69, 9.17) is 0 Å². The number of hydrogen-bond acceptors (Lipinski definition) is 2. The molecule has 0 atom stereocenters. The van der Waals surface area contributed by atoms with E-state index in [9.17, 15) is 4.79 Å². The topological polar surface area (TPSA) is 32.3 Å². The van der Waals surface area contributed by atoms with Crippen LogP contribution in [-0.2, 0) is 4.79 Å². The Bertz CT molecular complexity index is 326. The summed E-state index contributed by atoms with van der Waals surface area (Å²) < 4.78 is 1.12. The number of nitrogens with zero attached hydrogens (tertiary/aromatic N) is 1. The Morgan fingerprint density at radius 2 is 2.07 bits per heavy atom. The van der Waals surface area contributed by atoms with Crippen molar-refractivity contribution in [1.29, 1.82) is 0 Å². The Morgan fingerprint density at radius 3 is 2.64 bits per heavy atom. The lowest BCUT2D eigenvalue weighted by atomic mass is 10.3. The predicted octanol–water partition coefficient (Wildman–Crippen LogP) is 1.79. The molecule has 76 valence electrons. The van der Waals surface area contributed by atoms with E-state index >= 15 is 0 Å². The highest BCUT2D eigenvalue weighted by atomic mass is 127. The van der Waals surface area contributed by atoms with Crippen molar-refractivity contribution in [2.75, 3.05) is 26.0 Å². The third kappa shape index (κ3) is 3.17. The molecular weight excluding hydrogens is 291 g/mol. The second kappa shape index (κ2) is 5.19. The average Bonchev–Trinajstić information content (AvgIpc) is 2.16. The van der Waals surface area contributed by atoms with Crippen LogP contribution in [0, 0.1) is 3.57 Å². The van der Waals surface area contributed by atoms with Crippen LogP contribution in [0.1, 0.15) is 0 Å². The second-order valence-electron chi connectivity index (χ2n) is 3.12. The van der Waals surface area contributed by atoms with Crippen LogP contribution in [0.25, 0.3) is 0 Å². The quantitative estimate of drug-likeness (QED) is 0.864. The normalized spacial score (nSPS) is 9.64.